The number of methoxy groups -OCH3 is 1. The smallest absolute Gasteiger partial charge is 0.139 e. The molecule has 0 aliphatic carbocycles. The van der Waals surface area contributed by atoms with Crippen LogP contribution in [-0.4, -0.2) is 35.8 Å². The van der Waals surface area contributed by atoms with Crippen LogP contribution in [0.2, 0.25) is 0 Å². The van der Waals surface area contributed by atoms with Gasteiger partial charge in [0.1, 0.15) is 12.1 Å². The predicted octanol–water partition coefficient (Wildman–Crippen LogP) is 2.22. The van der Waals surface area contributed by atoms with E-state index in [0.29, 0.717) is 0 Å². The van der Waals surface area contributed by atoms with Gasteiger partial charge in [-0.05, 0) is 38.0 Å². The summed E-state index contributed by atoms with van der Waals surface area (Å²) in [5.74, 6) is 0.970. The van der Waals surface area contributed by atoms with Crippen molar-refractivity contribution in [1.29, 1.82) is 0 Å². The molecule has 0 amide bonds. The van der Waals surface area contributed by atoms with Crippen LogP contribution in [-0.2, 0) is 4.74 Å². The third-order valence-electron chi connectivity index (χ3n) is 4.09. The van der Waals surface area contributed by atoms with Crippen LogP contribution < -0.4 is 10.6 Å². The summed E-state index contributed by atoms with van der Waals surface area (Å²) in [7, 11) is 1.78. The molecule has 0 bridgehead atoms. The van der Waals surface area contributed by atoms with Crippen LogP contribution in [0.15, 0.2) is 24.5 Å². The number of nitrogens with zero attached hydrogens (tertiary/aromatic N) is 3. The van der Waals surface area contributed by atoms with Gasteiger partial charge in [0.15, 0.2) is 0 Å². The minimum Gasteiger partial charge on any atom is -0.399 e. The van der Waals surface area contributed by atoms with E-state index in [4.69, 9.17) is 10.5 Å². The van der Waals surface area contributed by atoms with Crippen molar-refractivity contribution < 1.29 is 4.74 Å². The van der Waals surface area contributed by atoms with E-state index in [1.165, 1.54) is 0 Å². The van der Waals surface area contributed by atoms with Gasteiger partial charge in [-0.1, -0.05) is 0 Å². The van der Waals surface area contributed by atoms with Crippen molar-refractivity contribution in [3.63, 3.8) is 0 Å². The number of benzene rings is 1. The quantitative estimate of drug-likeness (QED) is 0.849. The van der Waals surface area contributed by atoms with Gasteiger partial charge in [-0.3, -0.25) is 0 Å². The molecular weight excluding hydrogens is 252 g/mol. The number of fused-ring (bicyclic) bond motifs is 1. The number of ether oxygens (including phenoxy) is 1. The largest absolute Gasteiger partial charge is 0.399 e. The van der Waals surface area contributed by atoms with Crippen LogP contribution in [0.25, 0.3) is 10.9 Å². The van der Waals surface area contributed by atoms with Gasteiger partial charge in [0.05, 0.1) is 11.1 Å². The number of hydrogen-bond donors (Lipinski definition) is 1. The molecule has 2 heterocycles. The molecule has 1 aromatic heterocycles. The van der Waals surface area contributed by atoms with Crippen LogP contribution in [0.3, 0.4) is 0 Å². The van der Waals surface area contributed by atoms with Gasteiger partial charge in [-0.25, -0.2) is 9.97 Å². The Kier molecular flexibility index (Phi) is 3.22. The summed E-state index contributed by atoms with van der Waals surface area (Å²) in [6.45, 7) is 4.00. The second-order valence-electron chi connectivity index (χ2n) is 5.65. The maximum atomic E-state index is 5.82. The Labute approximate surface area is 118 Å². The van der Waals surface area contributed by atoms with Crippen molar-refractivity contribution in [3.05, 3.63) is 24.5 Å². The van der Waals surface area contributed by atoms with Gasteiger partial charge in [-0.15, -0.1) is 0 Å². The Hall–Kier alpha value is -1.88. The fraction of sp³-hybridized carbons (Fsp3) is 0.467. The highest BCUT2D eigenvalue weighted by molar-refractivity contribution is 5.91. The van der Waals surface area contributed by atoms with Crippen molar-refractivity contribution in [3.8, 4) is 0 Å². The Morgan fingerprint density at radius 2 is 2.20 bits per heavy atom. The number of nitrogens with two attached hydrogens (primary N) is 1. The van der Waals surface area contributed by atoms with E-state index in [1.807, 2.05) is 18.2 Å². The molecule has 5 nitrogen and oxygen atoms in total. The fourth-order valence-corrected chi connectivity index (χ4v) is 2.86. The van der Waals surface area contributed by atoms with E-state index >= 15 is 0 Å². The normalized spacial score (nSPS) is 23.2. The highest BCUT2D eigenvalue weighted by Gasteiger charge is 2.31. The molecule has 1 saturated heterocycles. The summed E-state index contributed by atoms with van der Waals surface area (Å²) in [6.07, 6.45) is 3.79. The van der Waals surface area contributed by atoms with Gasteiger partial charge in [-0.2, -0.15) is 0 Å². The Morgan fingerprint density at radius 1 is 1.35 bits per heavy atom. The highest BCUT2D eigenvalue weighted by atomic mass is 16.5. The van der Waals surface area contributed by atoms with Crippen LogP contribution in [0, 0.1) is 0 Å². The SMILES string of the molecule is COC1(C)CCCN(c2ncnc3cc(N)ccc23)C1. The Balaban J connectivity index is 2.01. The third kappa shape index (κ3) is 2.29. The molecule has 20 heavy (non-hydrogen) atoms. The molecule has 1 unspecified atom stereocenters. The average molecular weight is 272 g/mol. The number of anilines is 2. The number of rotatable bonds is 2. The topological polar surface area (TPSA) is 64.3 Å². The standard InChI is InChI=1S/C15H20N4O/c1-15(20-2)6-3-7-19(9-15)14-12-5-4-11(16)8-13(12)17-10-18-14/h4-5,8,10H,3,6-7,9,16H2,1-2H3. The molecule has 2 aromatic rings. The summed E-state index contributed by atoms with van der Waals surface area (Å²) in [6, 6.07) is 5.79. The lowest BCUT2D eigenvalue weighted by Gasteiger charge is -2.40. The molecule has 1 aromatic carbocycles. The van der Waals surface area contributed by atoms with Gasteiger partial charge < -0.3 is 15.4 Å². The fourth-order valence-electron chi connectivity index (χ4n) is 2.86. The second kappa shape index (κ2) is 4.90. The molecule has 2 N–H and O–H groups in total. The van der Waals surface area contributed by atoms with Gasteiger partial charge in [0.25, 0.3) is 0 Å². The minimum atomic E-state index is -0.108. The minimum absolute atomic E-state index is 0.108. The molecule has 0 radical (unpaired) electrons. The maximum Gasteiger partial charge on any atom is 0.139 e. The van der Waals surface area contributed by atoms with Crippen molar-refractivity contribution in [2.75, 3.05) is 30.8 Å². The number of hydrogen-bond acceptors (Lipinski definition) is 5. The lowest BCUT2D eigenvalue weighted by atomic mass is 9.94. The summed E-state index contributed by atoms with van der Waals surface area (Å²) < 4.78 is 5.66. The van der Waals surface area contributed by atoms with E-state index in [0.717, 1.165) is 48.3 Å². The summed E-state index contributed by atoms with van der Waals surface area (Å²) in [5, 5.41) is 1.04. The van der Waals surface area contributed by atoms with Gasteiger partial charge >= 0.3 is 0 Å². The first-order valence-electron chi connectivity index (χ1n) is 6.92. The zero-order valence-electron chi connectivity index (χ0n) is 12.0. The molecule has 0 saturated carbocycles. The molecule has 0 spiro atoms. The first-order chi connectivity index (χ1) is 9.61. The van der Waals surface area contributed by atoms with Crippen LogP contribution in [0.4, 0.5) is 11.5 Å². The molecular formula is C15H20N4O. The van der Waals surface area contributed by atoms with Crippen molar-refractivity contribution >= 4 is 22.4 Å². The molecule has 3 rings (SSSR count). The third-order valence-corrected chi connectivity index (χ3v) is 4.09. The summed E-state index contributed by atoms with van der Waals surface area (Å²) in [4.78, 5) is 11.1. The van der Waals surface area contributed by atoms with E-state index in [1.54, 1.807) is 13.4 Å². The second-order valence-corrected chi connectivity index (χ2v) is 5.65. The summed E-state index contributed by atoms with van der Waals surface area (Å²) >= 11 is 0. The van der Waals surface area contributed by atoms with Crippen molar-refractivity contribution in [1.82, 2.24) is 9.97 Å². The molecule has 1 aliphatic rings. The zero-order chi connectivity index (χ0) is 14.2. The number of nitrogen functional groups attached to an aromatic ring is 1. The van der Waals surface area contributed by atoms with E-state index < -0.39 is 0 Å². The van der Waals surface area contributed by atoms with Crippen LogP contribution in [0.1, 0.15) is 19.8 Å². The van der Waals surface area contributed by atoms with Crippen molar-refractivity contribution in [2.24, 2.45) is 0 Å². The summed E-state index contributed by atoms with van der Waals surface area (Å²) in [5.41, 5.74) is 7.33. The maximum absolute atomic E-state index is 5.82. The van der Waals surface area contributed by atoms with E-state index in [2.05, 4.69) is 21.8 Å². The highest BCUT2D eigenvalue weighted by Crippen LogP contribution is 2.31. The molecule has 1 aliphatic heterocycles. The van der Waals surface area contributed by atoms with Crippen LogP contribution in [0.5, 0.6) is 0 Å². The Morgan fingerprint density at radius 3 is 3.00 bits per heavy atom. The lowest BCUT2D eigenvalue weighted by Crippen LogP contribution is -2.47. The zero-order valence-corrected chi connectivity index (χ0v) is 12.0. The van der Waals surface area contributed by atoms with Crippen LogP contribution >= 0.6 is 0 Å². The van der Waals surface area contributed by atoms with Gasteiger partial charge in [0.2, 0.25) is 0 Å². The van der Waals surface area contributed by atoms with Crippen molar-refractivity contribution in [2.45, 2.75) is 25.4 Å². The lowest BCUT2D eigenvalue weighted by molar-refractivity contribution is -0.00475. The predicted molar refractivity (Wildman–Crippen MR) is 80.8 cm³/mol. The molecule has 5 heteroatoms. The van der Waals surface area contributed by atoms with E-state index in [9.17, 15) is 0 Å². The number of piperidine rings is 1. The number of aromatic nitrogens is 2. The monoisotopic (exact) mass is 272 g/mol. The van der Waals surface area contributed by atoms with E-state index in [-0.39, 0.29) is 5.60 Å². The first-order valence-corrected chi connectivity index (χ1v) is 6.92. The molecule has 106 valence electrons. The molecule has 1 fully saturated rings. The Bertz CT molecular complexity index is 630. The molecule has 1 atom stereocenters. The first kappa shape index (κ1) is 13.1. The average Bonchev–Trinajstić information content (AvgIpc) is 2.46. The van der Waals surface area contributed by atoms with Gasteiger partial charge in [0, 0.05) is 31.3 Å².